The largest absolute Gasteiger partial charge is 0.252 e. The third-order valence-electron chi connectivity index (χ3n) is 2.06. The lowest BCUT2D eigenvalue weighted by Gasteiger charge is -2.04. The van der Waals surface area contributed by atoms with Gasteiger partial charge < -0.3 is 0 Å². The van der Waals surface area contributed by atoms with Crippen LogP contribution in [0.2, 0.25) is 0 Å². The van der Waals surface area contributed by atoms with E-state index < -0.39 is 10.8 Å². The van der Waals surface area contributed by atoms with E-state index in [1.165, 1.54) is 0 Å². The second-order valence-corrected chi connectivity index (χ2v) is 5.50. The van der Waals surface area contributed by atoms with Crippen LogP contribution in [0, 0.1) is 0 Å². The van der Waals surface area contributed by atoms with Gasteiger partial charge in [0.25, 0.3) is 0 Å². The molecule has 0 bridgehead atoms. The van der Waals surface area contributed by atoms with Gasteiger partial charge in [0.1, 0.15) is 5.03 Å². The molecule has 4 heteroatoms. The molecule has 0 saturated heterocycles. The van der Waals surface area contributed by atoms with Crippen LogP contribution < -0.4 is 0 Å². The number of fused-ring (bicyclic) bond motifs is 1. The molecule has 1 heterocycles. The molecular weight excluding hydrogens is 208 g/mol. The molecule has 0 aliphatic rings. The quantitative estimate of drug-likeness (QED) is 0.778. The fraction of sp³-hybridized carbons (Fsp3) is 0.273. The molecule has 1 aromatic carbocycles. The second-order valence-electron chi connectivity index (χ2n) is 3.54. The molecule has 0 fully saturated rings. The van der Waals surface area contributed by atoms with E-state index in [0.717, 1.165) is 11.0 Å². The number of para-hydroxylation sites is 2. The molecule has 3 nitrogen and oxygen atoms in total. The van der Waals surface area contributed by atoms with Crippen LogP contribution in [0.4, 0.5) is 0 Å². The minimum absolute atomic E-state index is 0.0699. The summed E-state index contributed by atoms with van der Waals surface area (Å²) in [4.78, 5) is 8.56. The maximum Gasteiger partial charge on any atom is 0.146 e. The predicted octanol–water partition coefficient (Wildman–Crippen LogP) is 2.15. The van der Waals surface area contributed by atoms with Crippen molar-refractivity contribution in [3.63, 3.8) is 0 Å². The van der Waals surface area contributed by atoms with Crippen molar-refractivity contribution in [2.75, 3.05) is 0 Å². The average Bonchev–Trinajstić information content (AvgIpc) is 2.27. The van der Waals surface area contributed by atoms with Crippen LogP contribution >= 0.6 is 0 Å². The van der Waals surface area contributed by atoms with Gasteiger partial charge in [0.15, 0.2) is 0 Å². The van der Waals surface area contributed by atoms with E-state index in [4.69, 9.17) is 0 Å². The summed E-state index contributed by atoms with van der Waals surface area (Å²) in [5, 5.41) is 0.629. The summed E-state index contributed by atoms with van der Waals surface area (Å²) < 4.78 is 11.8. The van der Waals surface area contributed by atoms with Crippen molar-refractivity contribution >= 4 is 21.8 Å². The predicted molar refractivity (Wildman–Crippen MR) is 61.1 cm³/mol. The Morgan fingerprint density at radius 3 is 2.53 bits per heavy atom. The van der Waals surface area contributed by atoms with Crippen molar-refractivity contribution in [2.45, 2.75) is 24.1 Å². The van der Waals surface area contributed by atoms with E-state index in [0.29, 0.717) is 5.03 Å². The Kier molecular flexibility index (Phi) is 2.77. The highest BCUT2D eigenvalue weighted by Crippen LogP contribution is 2.12. The van der Waals surface area contributed by atoms with Gasteiger partial charge in [-0.15, -0.1) is 0 Å². The fourth-order valence-electron chi connectivity index (χ4n) is 1.28. The normalized spacial score (nSPS) is 13.3. The second kappa shape index (κ2) is 4.06. The number of aromatic nitrogens is 2. The summed E-state index contributed by atoms with van der Waals surface area (Å²) in [6.07, 6.45) is 1.60. The first kappa shape index (κ1) is 10.2. The molecule has 0 radical (unpaired) electrons. The summed E-state index contributed by atoms with van der Waals surface area (Å²) >= 11 is 0. The minimum Gasteiger partial charge on any atom is -0.252 e. The van der Waals surface area contributed by atoms with Gasteiger partial charge >= 0.3 is 0 Å². The summed E-state index contributed by atoms with van der Waals surface area (Å²) in [7, 11) is -1.06. The number of benzene rings is 1. The van der Waals surface area contributed by atoms with Gasteiger partial charge in [-0.25, -0.2) is 4.98 Å². The lowest BCUT2D eigenvalue weighted by Crippen LogP contribution is -2.08. The van der Waals surface area contributed by atoms with E-state index in [-0.39, 0.29) is 5.25 Å². The zero-order valence-corrected chi connectivity index (χ0v) is 9.49. The van der Waals surface area contributed by atoms with Gasteiger partial charge in [-0.2, -0.15) is 0 Å². The minimum atomic E-state index is -1.06. The maximum atomic E-state index is 11.8. The highest BCUT2D eigenvalue weighted by atomic mass is 32.2. The topological polar surface area (TPSA) is 42.9 Å². The van der Waals surface area contributed by atoms with Crippen molar-refractivity contribution in [3.05, 3.63) is 30.5 Å². The molecule has 15 heavy (non-hydrogen) atoms. The number of rotatable bonds is 2. The monoisotopic (exact) mass is 220 g/mol. The molecule has 0 saturated carbocycles. The third kappa shape index (κ3) is 2.04. The van der Waals surface area contributed by atoms with Crippen molar-refractivity contribution in [3.8, 4) is 0 Å². The summed E-state index contributed by atoms with van der Waals surface area (Å²) in [5.74, 6) is 0. The number of hydrogen-bond donors (Lipinski definition) is 0. The van der Waals surface area contributed by atoms with Crippen LogP contribution in [-0.4, -0.2) is 19.4 Å². The summed E-state index contributed by atoms with van der Waals surface area (Å²) in [6.45, 7) is 3.82. The number of hydrogen-bond acceptors (Lipinski definition) is 3. The van der Waals surface area contributed by atoms with Crippen molar-refractivity contribution < 1.29 is 4.21 Å². The summed E-state index contributed by atoms with van der Waals surface area (Å²) in [5.41, 5.74) is 1.63. The van der Waals surface area contributed by atoms with E-state index in [2.05, 4.69) is 9.97 Å². The Balaban J connectivity index is 2.52. The first-order valence-corrected chi connectivity index (χ1v) is 6.02. The van der Waals surface area contributed by atoms with Gasteiger partial charge in [0.2, 0.25) is 0 Å². The van der Waals surface area contributed by atoms with Crippen LogP contribution in [0.25, 0.3) is 11.0 Å². The Morgan fingerprint density at radius 1 is 1.20 bits per heavy atom. The first-order valence-electron chi connectivity index (χ1n) is 4.81. The molecule has 1 unspecified atom stereocenters. The molecule has 0 aliphatic heterocycles. The Morgan fingerprint density at radius 2 is 1.87 bits per heavy atom. The van der Waals surface area contributed by atoms with Crippen molar-refractivity contribution in [1.82, 2.24) is 9.97 Å². The van der Waals surface area contributed by atoms with E-state index in [1.807, 2.05) is 38.1 Å². The van der Waals surface area contributed by atoms with E-state index in [1.54, 1.807) is 6.20 Å². The zero-order valence-electron chi connectivity index (χ0n) is 8.68. The molecule has 0 aliphatic carbocycles. The average molecular weight is 220 g/mol. The lowest BCUT2D eigenvalue weighted by molar-refractivity contribution is 0.673. The maximum absolute atomic E-state index is 11.8. The van der Waals surface area contributed by atoms with Crippen molar-refractivity contribution in [2.24, 2.45) is 0 Å². The summed E-state index contributed by atoms with van der Waals surface area (Å²) in [6, 6.07) is 7.59. The molecule has 1 aromatic heterocycles. The first-order chi connectivity index (χ1) is 7.18. The Hall–Kier alpha value is -1.29. The van der Waals surface area contributed by atoms with Gasteiger partial charge in [-0.05, 0) is 12.1 Å². The highest BCUT2D eigenvalue weighted by Gasteiger charge is 2.10. The smallest absolute Gasteiger partial charge is 0.146 e. The van der Waals surface area contributed by atoms with E-state index >= 15 is 0 Å². The zero-order chi connectivity index (χ0) is 10.8. The van der Waals surface area contributed by atoms with Crippen LogP contribution in [0.3, 0.4) is 0 Å². The molecular formula is C11H12N2OS. The van der Waals surface area contributed by atoms with Gasteiger partial charge in [-0.1, -0.05) is 26.0 Å². The van der Waals surface area contributed by atoms with Gasteiger partial charge in [0.05, 0.1) is 28.0 Å². The SMILES string of the molecule is CC(C)S(=O)c1cnc2ccccc2n1. The van der Waals surface area contributed by atoms with Crippen molar-refractivity contribution in [1.29, 1.82) is 0 Å². The van der Waals surface area contributed by atoms with Gasteiger partial charge in [-0.3, -0.25) is 9.19 Å². The molecule has 2 aromatic rings. The molecule has 2 rings (SSSR count). The van der Waals surface area contributed by atoms with Crippen LogP contribution in [0.5, 0.6) is 0 Å². The van der Waals surface area contributed by atoms with Crippen LogP contribution in [0.1, 0.15) is 13.8 Å². The molecule has 1 atom stereocenters. The lowest BCUT2D eigenvalue weighted by atomic mass is 10.3. The fourth-order valence-corrected chi connectivity index (χ4v) is 2.11. The van der Waals surface area contributed by atoms with Crippen LogP contribution in [-0.2, 0) is 10.8 Å². The Bertz CT molecular complexity index is 511. The molecule has 0 amide bonds. The standard InChI is InChI=1S/C11H12N2OS/c1-8(2)15(14)11-7-12-9-5-3-4-6-10(9)13-11/h3-8H,1-2H3. The third-order valence-corrected chi connectivity index (χ3v) is 3.53. The highest BCUT2D eigenvalue weighted by molar-refractivity contribution is 7.85. The molecule has 0 N–H and O–H groups in total. The molecule has 78 valence electrons. The van der Waals surface area contributed by atoms with Crippen LogP contribution in [0.15, 0.2) is 35.5 Å². The number of nitrogens with zero attached hydrogens (tertiary/aromatic N) is 2. The Labute approximate surface area is 91.0 Å². The van der Waals surface area contributed by atoms with E-state index in [9.17, 15) is 4.21 Å². The van der Waals surface area contributed by atoms with Gasteiger partial charge in [0, 0.05) is 5.25 Å². The molecule has 0 spiro atoms.